The average molecular weight is 222 g/mol. The number of carbonyl (C=O) groups excluding carboxylic acids is 1. The molecule has 16 heavy (non-hydrogen) atoms. The zero-order chi connectivity index (χ0) is 11.9. The predicted molar refractivity (Wildman–Crippen MR) is 71.6 cm³/mol. The van der Waals surface area contributed by atoms with Crippen molar-refractivity contribution in [3.05, 3.63) is 24.3 Å². The Bertz CT molecular complexity index is 192. The molecule has 0 aliphatic carbocycles. The summed E-state index contributed by atoms with van der Waals surface area (Å²) in [5.41, 5.74) is 0. The van der Waals surface area contributed by atoms with Crippen LogP contribution >= 0.6 is 0 Å². The molecule has 0 aromatic carbocycles. The highest BCUT2D eigenvalue weighted by Crippen LogP contribution is 2.03. The van der Waals surface area contributed by atoms with Gasteiger partial charge in [-0.1, -0.05) is 37.6 Å². The summed E-state index contributed by atoms with van der Waals surface area (Å²) in [5, 5.41) is 0. The van der Waals surface area contributed by atoms with Crippen molar-refractivity contribution in [2.24, 2.45) is 0 Å². The minimum absolute atomic E-state index is 0.718. The van der Waals surface area contributed by atoms with Crippen molar-refractivity contribution in [1.29, 1.82) is 0 Å². The molecule has 0 saturated heterocycles. The van der Waals surface area contributed by atoms with Crippen LogP contribution in [0.2, 0.25) is 0 Å². The van der Waals surface area contributed by atoms with E-state index >= 15 is 0 Å². The van der Waals surface area contributed by atoms with E-state index in [4.69, 9.17) is 0 Å². The Morgan fingerprint density at radius 2 is 1.19 bits per heavy atom. The van der Waals surface area contributed by atoms with E-state index in [-0.39, 0.29) is 0 Å². The highest BCUT2D eigenvalue weighted by atomic mass is 16.1. The Hall–Kier alpha value is -0.850. The minimum atomic E-state index is 0.718. The van der Waals surface area contributed by atoms with Crippen LogP contribution < -0.4 is 0 Å². The van der Waals surface area contributed by atoms with Gasteiger partial charge in [0, 0.05) is 6.42 Å². The molecule has 1 nitrogen and oxygen atoms in total. The molecule has 0 unspecified atom stereocenters. The van der Waals surface area contributed by atoms with E-state index in [0.29, 0.717) is 0 Å². The summed E-state index contributed by atoms with van der Waals surface area (Å²) in [4.78, 5) is 10.1. The summed E-state index contributed by atoms with van der Waals surface area (Å²) in [6.45, 7) is 2.21. The van der Waals surface area contributed by atoms with E-state index in [1.54, 1.807) is 0 Å². The Labute approximate surface area is 101 Å². The summed E-state index contributed by atoms with van der Waals surface area (Å²) >= 11 is 0. The maximum absolute atomic E-state index is 10.1. The lowest BCUT2D eigenvalue weighted by molar-refractivity contribution is -0.107. The third-order valence-electron chi connectivity index (χ3n) is 2.47. The third-order valence-corrected chi connectivity index (χ3v) is 2.47. The Morgan fingerprint density at radius 3 is 1.75 bits per heavy atom. The van der Waals surface area contributed by atoms with Crippen LogP contribution in [0.3, 0.4) is 0 Å². The fourth-order valence-electron chi connectivity index (χ4n) is 1.48. The van der Waals surface area contributed by atoms with Crippen LogP contribution in [0.15, 0.2) is 24.3 Å². The van der Waals surface area contributed by atoms with Gasteiger partial charge in [0.25, 0.3) is 0 Å². The van der Waals surface area contributed by atoms with Gasteiger partial charge in [0.05, 0.1) is 0 Å². The van der Waals surface area contributed by atoms with E-state index in [9.17, 15) is 4.79 Å². The molecule has 92 valence electrons. The van der Waals surface area contributed by atoms with Crippen molar-refractivity contribution < 1.29 is 4.79 Å². The lowest BCUT2D eigenvalue weighted by Crippen LogP contribution is -1.76. The van der Waals surface area contributed by atoms with Gasteiger partial charge in [0.1, 0.15) is 6.29 Å². The highest BCUT2D eigenvalue weighted by Gasteiger charge is 1.85. The smallest absolute Gasteiger partial charge is 0.119 e. The van der Waals surface area contributed by atoms with Gasteiger partial charge in [-0.2, -0.15) is 0 Å². The first-order valence-corrected chi connectivity index (χ1v) is 6.65. The molecule has 1 heteroatoms. The summed E-state index contributed by atoms with van der Waals surface area (Å²) in [6.07, 6.45) is 20.2. The molecule has 0 saturated carbocycles. The fraction of sp³-hybridized carbons (Fsp3) is 0.667. The molecule has 0 spiro atoms. The van der Waals surface area contributed by atoms with E-state index in [0.717, 1.165) is 32.0 Å². The van der Waals surface area contributed by atoms with E-state index in [1.807, 2.05) is 0 Å². The molecule has 0 fully saturated rings. The Morgan fingerprint density at radius 1 is 0.688 bits per heavy atom. The van der Waals surface area contributed by atoms with Crippen molar-refractivity contribution >= 4 is 6.29 Å². The molecule has 0 atom stereocenters. The zero-order valence-corrected chi connectivity index (χ0v) is 10.7. The van der Waals surface area contributed by atoms with Crippen molar-refractivity contribution in [1.82, 2.24) is 0 Å². The molecule has 0 rings (SSSR count). The molecule has 0 bridgehead atoms. The van der Waals surface area contributed by atoms with E-state index in [1.165, 1.54) is 32.1 Å². The molecule has 0 amide bonds. The number of rotatable bonds is 11. The number of hydrogen-bond acceptors (Lipinski definition) is 1. The number of allylic oxidation sites excluding steroid dienone is 4. The van der Waals surface area contributed by atoms with Crippen LogP contribution in [0.4, 0.5) is 0 Å². The zero-order valence-electron chi connectivity index (χ0n) is 10.7. The van der Waals surface area contributed by atoms with Crippen molar-refractivity contribution in [2.75, 3.05) is 0 Å². The quantitative estimate of drug-likeness (QED) is 0.278. The van der Waals surface area contributed by atoms with Gasteiger partial charge in [0.2, 0.25) is 0 Å². The van der Waals surface area contributed by atoms with Gasteiger partial charge in [-0.3, -0.25) is 0 Å². The third kappa shape index (κ3) is 13.2. The maximum Gasteiger partial charge on any atom is 0.119 e. The van der Waals surface area contributed by atoms with Gasteiger partial charge in [-0.05, 0) is 44.9 Å². The topological polar surface area (TPSA) is 17.1 Å². The van der Waals surface area contributed by atoms with Gasteiger partial charge in [0.15, 0.2) is 0 Å². The summed E-state index contributed by atoms with van der Waals surface area (Å²) in [6, 6.07) is 0. The first-order chi connectivity index (χ1) is 7.91. The van der Waals surface area contributed by atoms with Crippen LogP contribution in [-0.2, 0) is 4.79 Å². The van der Waals surface area contributed by atoms with Gasteiger partial charge < -0.3 is 4.79 Å². The standard InChI is InChI=1S/C15H26O/c1-2-3-4-5-6-7-8-9-10-11-12-13-14-15-16/h4-5,9-10,15H,2-3,6-8,11-14H2,1H3/b5-4-,10-9+. The Balaban J connectivity index is 3.12. The van der Waals surface area contributed by atoms with Gasteiger partial charge in [-0.25, -0.2) is 0 Å². The second-order valence-corrected chi connectivity index (χ2v) is 4.11. The minimum Gasteiger partial charge on any atom is -0.303 e. The van der Waals surface area contributed by atoms with Crippen LogP contribution in [0, 0.1) is 0 Å². The Kier molecular flexibility index (Phi) is 13.4. The summed E-state index contributed by atoms with van der Waals surface area (Å²) in [7, 11) is 0. The van der Waals surface area contributed by atoms with Crippen molar-refractivity contribution in [3.63, 3.8) is 0 Å². The molecular weight excluding hydrogens is 196 g/mol. The van der Waals surface area contributed by atoms with Crippen LogP contribution in [0.1, 0.15) is 64.7 Å². The monoisotopic (exact) mass is 222 g/mol. The van der Waals surface area contributed by atoms with Crippen LogP contribution in [-0.4, -0.2) is 6.29 Å². The molecule has 0 aliphatic rings. The van der Waals surface area contributed by atoms with Gasteiger partial charge >= 0.3 is 0 Å². The lowest BCUT2D eigenvalue weighted by Gasteiger charge is -1.92. The molecule has 0 heterocycles. The lowest BCUT2D eigenvalue weighted by atomic mass is 10.1. The summed E-state index contributed by atoms with van der Waals surface area (Å²) < 4.78 is 0. The first kappa shape index (κ1) is 15.2. The molecule has 0 aliphatic heterocycles. The molecule has 0 aromatic heterocycles. The molecular formula is C15H26O. The number of unbranched alkanes of at least 4 members (excludes halogenated alkanes) is 6. The highest BCUT2D eigenvalue weighted by molar-refractivity contribution is 5.48. The van der Waals surface area contributed by atoms with Crippen molar-refractivity contribution in [2.45, 2.75) is 64.7 Å². The first-order valence-electron chi connectivity index (χ1n) is 6.65. The largest absolute Gasteiger partial charge is 0.303 e. The fourth-order valence-corrected chi connectivity index (χ4v) is 1.48. The van der Waals surface area contributed by atoms with E-state index < -0.39 is 0 Å². The molecule has 0 radical (unpaired) electrons. The molecule has 0 aromatic rings. The number of aldehydes is 1. The van der Waals surface area contributed by atoms with E-state index in [2.05, 4.69) is 31.2 Å². The SMILES string of the molecule is CCC/C=C\CCC/C=C/CCCCC=O. The normalized spacial score (nSPS) is 11.6. The average Bonchev–Trinajstić information content (AvgIpc) is 2.31. The summed E-state index contributed by atoms with van der Waals surface area (Å²) in [5.74, 6) is 0. The number of hydrogen-bond donors (Lipinski definition) is 0. The van der Waals surface area contributed by atoms with Gasteiger partial charge in [-0.15, -0.1) is 0 Å². The molecule has 0 N–H and O–H groups in total. The van der Waals surface area contributed by atoms with Crippen molar-refractivity contribution in [3.8, 4) is 0 Å². The van der Waals surface area contributed by atoms with Crippen LogP contribution in [0.25, 0.3) is 0 Å². The second kappa shape index (κ2) is 14.2. The number of carbonyl (C=O) groups is 1. The van der Waals surface area contributed by atoms with Crippen LogP contribution in [0.5, 0.6) is 0 Å². The maximum atomic E-state index is 10.1. The predicted octanol–water partition coefficient (Wildman–Crippen LogP) is 4.83. The second-order valence-electron chi connectivity index (χ2n) is 4.11.